The molecule has 0 amide bonds. The Labute approximate surface area is 133 Å². The van der Waals surface area contributed by atoms with Gasteiger partial charge in [0.2, 0.25) is 5.89 Å². The topological polar surface area (TPSA) is 43.1 Å². The number of fused-ring (bicyclic) bond motifs is 1. The van der Waals surface area contributed by atoms with E-state index in [0.717, 1.165) is 6.07 Å². The van der Waals surface area contributed by atoms with E-state index in [4.69, 9.17) is 27.6 Å². The molecule has 0 saturated heterocycles. The molecule has 0 unspecified atom stereocenters. The standard InChI is InChI=1S/C15H7Cl2F2NO2/c16-10-5-2-6-11-12(10)14(21)22-13(20-11)8-3-1-4-9(7-8)15(17,18)19/h1-7H. The summed E-state index contributed by atoms with van der Waals surface area (Å²) in [6.07, 6.45) is 0. The summed E-state index contributed by atoms with van der Waals surface area (Å²) >= 11 is 10.9. The molecule has 0 aliphatic rings. The molecule has 0 aliphatic heterocycles. The van der Waals surface area contributed by atoms with Crippen molar-refractivity contribution >= 4 is 34.1 Å². The van der Waals surface area contributed by atoms with E-state index in [1.807, 2.05) is 0 Å². The summed E-state index contributed by atoms with van der Waals surface area (Å²) in [6, 6.07) is 9.92. The van der Waals surface area contributed by atoms with E-state index in [1.165, 1.54) is 24.3 Å². The average molecular weight is 342 g/mol. The first-order valence-corrected chi connectivity index (χ1v) is 6.89. The predicted octanol–water partition coefficient (Wildman–Crippen LogP) is 4.80. The van der Waals surface area contributed by atoms with E-state index in [0.29, 0.717) is 5.52 Å². The van der Waals surface area contributed by atoms with Gasteiger partial charge in [0.25, 0.3) is 0 Å². The van der Waals surface area contributed by atoms with Crippen molar-refractivity contribution < 1.29 is 13.2 Å². The number of aromatic nitrogens is 1. The minimum Gasteiger partial charge on any atom is -0.403 e. The molecule has 0 fully saturated rings. The van der Waals surface area contributed by atoms with Gasteiger partial charge in [0.15, 0.2) is 0 Å². The summed E-state index contributed by atoms with van der Waals surface area (Å²) in [5.74, 6) is -0.0810. The number of nitrogens with zero attached hydrogens (tertiary/aromatic N) is 1. The third-order valence-electron chi connectivity index (χ3n) is 3.04. The lowest BCUT2D eigenvalue weighted by molar-refractivity contribution is 0.0952. The van der Waals surface area contributed by atoms with Crippen molar-refractivity contribution in [2.24, 2.45) is 0 Å². The fraction of sp³-hybridized carbons (Fsp3) is 0.0667. The van der Waals surface area contributed by atoms with Crippen molar-refractivity contribution in [2.45, 2.75) is 5.38 Å². The van der Waals surface area contributed by atoms with E-state index < -0.39 is 16.6 Å². The van der Waals surface area contributed by atoms with Crippen LogP contribution in [-0.2, 0) is 5.38 Å². The minimum atomic E-state index is -3.52. The molecule has 3 aromatic rings. The molecule has 1 heterocycles. The zero-order valence-electron chi connectivity index (χ0n) is 10.8. The van der Waals surface area contributed by atoms with Crippen molar-refractivity contribution in [2.75, 3.05) is 0 Å². The second-order valence-electron chi connectivity index (χ2n) is 4.52. The van der Waals surface area contributed by atoms with E-state index in [1.54, 1.807) is 12.1 Å². The van der Waals surface area contributed by atoms with Crippen LogP contribution in [-0.4, -0.2) is 4.98 Å². The van der Waals surface area contributed by atoms with Gasteiger partial charge in [-0.15, -0.1) is 0 Å². The molecular weight excluding hydrogens is 335 g/mol. The fourth-order valence-electron chi connectivity index (χ4n) is 2.03. The van der Waals surface area contributed by atoms with Gasteiger partial charge in [0, 0.05) is 11.1 Å². The average Bonchev–Trinajstić information content (AvgIpc) is 2.46. The maximum absolute atomic E-state index is 13.2. The van der Waals surface area contributed by atoms with Crippen LogP contribution >= 0.6 is 23.2 Å². The van der Waals surface area contributed by atoms with E-state index in [2.05, 4.69) is 4.98 Å². The van der Waals surface area contributed by atoms with Gasteiger partial charge in [-0.05, 0) is 35.9 Å². The van der Waals surface area contributed by atoms with Crippen LogP contribution in [0, 0.1) is 0 Å². The van der Waals surface area contributed by atoms with Gasteiger partial charge in [-0.3, -0.25) is 0 Å². The molecule has 0 saturated carbocycles. The Balaban J connectivity index is 2.22. The zero-order chi connectivity index (χ0) is 15.9. The van der Waals surface area contributed by atoms with E-state index in [-0.39, 0.29) is 21.9 Å². The normalized spacial score (nSPS) is 11.8. The molecule has 0 radical (unpaired) electrons. The number of alkyl halides is 3. The molecular formula is C15H7Cl2F2NO2. The molecule has 1 aromatic heterocycles. The molecule has 3 rings (SSSR count). The van der Waals surface area contributed by atoms with Gasteiger partial charge in [-0.2, -0.15) is 8.78 Å². The SMILES string of the molecule is O=c1oc(-c2cccc(C(F)(F)Cl)c2)nc2cccc(Cl)c12. The zero-order valence-corrected chi connectivity index (χ0v) is 12.3. The number of hydrogen-bond donors (Lipinski definition) is 0. The van der Waals surface area contributed by atoms with Gasteiger partial charge < -0.3 is 4.42 Å². The maximum atomic E-state index is 13.2. The summed E-state index contributed by atoms with van der Waals surface area (Å²) in [7, 11) is 0. The first-order valence-electron chi connectivity index (χ1n) is 6.13. The van der Waals surface area contributed by atoms with Gasteiger partial charge in [0.1, 0.15) is 5.39 Å². The molecule has 3 nitrogen and oxygen atoms in total. The van der Waals surface area contributed by atoms with Crippen molar-refractivity contribution in [3.63, 3.8) is 0 Å². The number of rotatable bonds is 2. The molecule has 0 spiro atoms. The highest BCUT2D eigenvalue weighted by Crippen LogP contribution is 2.34. The Morgan fingerprint density at radius 3 is 2.59 bits per heavy atom. The first-order chi connectivity index (χ1) is 10.4. The van der Waals surface area contributed by atoms with Crippen LogP contribution in [0.4, 0.5) is 8.78 Å². The van der Waals surface area contributed by atoms with E-state index >= 15 is 0 Å². The largest absolute Gasteiger partial charge is 0.403 e. The fourth-order valence-corrected chi connectivity index (χ4v) is 2.40. The van der Waals surface area contributed by atoms with Crippen LogP contribution in [0.15, 0.2) is 51.7 Å². The van der Waals surface area contributed by atoms with E-state index in [9.17, 15) is 13.6 Å². The maximum Gasteiger partial charge on any atom is 0.348 e. The summed E-state index contributed by atoms with van der Waals surface area (Å²) in [6.45, 7) is 0. The summed E-state index contributed by atoms with van der Waals surface area (Å²) in [4.78, 5) is 16.2. The highest BCUT2D eigenvalue weighted by molar-refractivity contribution is 6.35. The Morgan fingerprint density at radius 2 is 1.86 bits per heavy atom. The van der Waals surface area contributed by atoms with Crippen LogP contribution < -0.4 is 5.63 Å². The Morgan fingerprint density at radius 1 is 1.14 bits per heavy atom. The van der Waals surface area contributed by atoms with Crippen LogP contribution in [0.25, 0.3) is 22.4 Å². The smallest absolute Gasteiger partial charge is 0.348 e. The Kier molecular flexibility index (Phi) is 3.62. The van der Waals surface area contributed by atoms with Crippen LogP contribution in [0.3, 0.4) is 0 Å². The summed E-state index contributed by atoms with van der Waals surface area (Å²) < 4.78 is 31.4. The molecule has 112 valence electrons. The van der Waals surface area contributed by atoms with Crippen molar-refractivity contribution in [1.82, 2.24) is 4.98 Å². The van der Waals surface area contributed by atoms with Gasteiger partial charge >= 0.3 is 11.0 Å². The molecule has 0 N–H and O–H groups in total. The van der Waals surface area contributed by atoms with Crippen molar-refractivity contribution in [3.05, 3.63) is 63.5 Å². The van der Waals surface area contributed by atoms with Crippen molar-refractivity contribution in [3.8, 4) is 11.5 Å². The number of benzene rings is 2. The quantitative estimate of drug-likeness (QED) is 0.629. The molecule has 0 bridgehead atoms. The highest BCUT2D eigenvalue weighted by atomic mass is 35.5. The van der Waals surface area contributed by atoms with Gasteiger partial charge in [0.05, 0.1) is 10.5 Å². The molecule has 22 heavy (non-hydrogen) atoms. The van der Waals surface area contributed by atoms with Crippen LogP contribution in [0.1, 0.15) is 5.56 Å². The minimum absolute atomic E-state index is 0.0810. The first kappa shape index (κ1) is 14.9. The third kappa shape index (κ3) is 2.69. The molecule has 2 aromatic carbocycles. The lowest BCUT2D eigenvalue weighted by Gasteiger charge is -2.09. The monoisotopic (exact) mass is 341 g/mol. The Bertz CT molecular complexity index is 919. The summed E-state index contributed by atoms with van der Waals surface area (Å²) in [5.41, 5.74) is -0.561. The van der Waals surface area contributed by atoms with Crippen molar-refractivity contribution in [1.29, 1.82) is 0 Å². The Hall–Kier alpha value is -1.98. The molecule has 7 heteroatoms. The lowest BCUT2D eigenvalue weighted by Crippen LogP contribution is -2.05. The molecule has 0 atom stereocenters. The second kappa shape index (κ2) is 5.34. The highest BCUT2D eigenvalue weighted by Gasteiger charge is 2.28. The predicted molar refractivity (Wildman–Crippen MR) is 80.5 cm³/mol. The second-order valence-corrected chi connectivity index (χ2v) is 5.40. The van der Waals surface area contributed by atoms with Crippen LogP contribution in [0.5, 0.6) is 0 Å². The number of hydrogen-bond acceptors (Lipinski definition) is 3. The van der Waals surface area contributed by atoms with Crippen LogP contribution in [0.2, 0.25) is 5.02 Å². The van der Waals surface area contributed by atoms with Gasteiger partial charge in [-0.1, -0.05) is 29.8 Å². The lowest BCUT2D eigenvalue weighted by atomic mass is 10.1. The number of halogens is 4. The molecule has 0 aliphatic carbocycles. The summed E-state index contributed by atoms with van der Waals surface area (Å²) in [5, 5.41) is -3.16. The van der Waals surface area contributed by atoms with Gasteiger partial charge in [-0.25, -0.2) is 9.78 Å². The third-order valence-corrected chi connectivity index (χ3v) is 3.58.